The molecule has 0 unspecified atom stereocenters. The smallest absolute Gasteiger partial charge is 0.140 e. The number of aliphatic hydroxyl groups excluding tert-OH is 1. The van der Waals surface area contributed by atoms with Crippen LogP contribution in [0.3, 0.4) is 0 Å². The summed E-state index contributed by atoms with van der Waals surface area (Å²) in [5, 5.41) is 11.8. The molecular formula is C13H19F2NOS. The first-order chi connectivity index (χ1) is 8.54. The van der Waals surface area contributed by atoms with E-state index in [9.17, 15) is 8.78 Å². The molecule has 0 radical (unpaired) electrons. The maximum Gasteiger partial charge on any atom is 0.140 e. The van der Waals surface area contributed by atoms with E-state index in [0.717, 1.165) is 11.8 Å². The molecule has 0 bridgehead atoms. The van der Waals surface area contributed by atoms with E-state index in [1.807, 2.05) is 13.8 Å². The minimum Gasteiger partial charge on any atom is -0.396 e. The lowest BCUT2D eigenvalue weighted by atomic mass is 10.2. The summed E-state index contributed by atoms with van der Waals surface area (Å²) in [5.41, 5.74) is 0.602. The fourth-order valence-electron chi connectivity index (χ4n) is 1.41. The van der Waals surface area contributed by atoms with Crippen molar-refractivity contribution in [3.63, 3.8) is 0 Å². The van der Waals surface area contributed by atoms with E-state index < -0.39 is 11.6 Å². The fraction of sp³-hybridized carbons (Fsp3) is 0.538. The number of benzene rings is 1. The summed E-state index contributed by atoms with van der Waals surface area (Å²) in [5.74, 6) is -0.550. The van der Waals surface area contributed by atoms with Crippen LogP contribution in [0, 0.1) is 11.6 Å². The molecule has 1 aromatic rings. The zero-order valence-corrected chi connectivity index (χ0v) is 11.5. The predicted molar refractivity (Wildman–Crippen MR) is 70.8 cm³/mol. The van der Waals surface area contributed by atoms with E-state index in [4.69, 9.17) is 5.11 Å². The normalized spacial score (nSPS) is 11.2. The standard InChI is InChI=1S/C13H19F2NOS/c1-9(2)16-8-10-6-11(14)13(12(15)7-10)18-5-3-4-17/h6-7,9,16-17H,3-5,8H2,1-2H3. The molecule has 0 fully saturated rings. The van der Waals surface area contributed by atoms with Crippen molar-refractivity contribution in [2.75, 3.05) is 12.4 Å². The van der Waals surface area contributed by atoms with Crippen LogP contribution in [-0.2, 0) is 6.54 Å². The highest BCUT2D eigenvalue weighted by Gasteiger charge is 2.11. The Kier molecular flexibility index (Phi) is 6.60. The Morgan fingerprint density at radius 3 is 2.39 bits per heavy atom. The van der Waals surface area contributed by atoms with Crippen LogP contribution in [0.1, 0.15) is 25.8 Å². The van der Waals surface area contributed by atoms with Crippen LogP contribution in [0.5, 0.6) is 0 Å². The molecule has 0 saturated carbocycles. The molecule has 0 spiro atoms. The lowest BCUT2D eigenvalue weighted by Crippen LogP contribution is -2.22. The topological polar surface area (TPSA) is 32.3 Å². The molecule has 18 heavy (non-hydrogen) atoms. The zero-order valence-electron chi connectivity index (χ0n) is 10.7. The van der Waals surface area contributed by atoms with Crippen LogP contribution < -0.4 is 5.32 Å². The summed E-state index contributed by atoms with van der Waals surface area (Å²) in [6.07, 6.45) is 0.528. The van der Waals surface area contributed by atoms with Crippen LogP contribution in [0.25, 0.3) is 0 Å². The van der Waals surface area contributed by atoms with Gasteiger partial charge in [-0.25, -0.2) is 8.78 Å². The van der Waals surface area contributed by atoms with Crippen LogP contribution in [0.15, 0.2) is 17.0 Å². The summed E-state index contributed by atoms with van der Waals surface area (Å²) in [6.45, 7) is 4.44. The molecule has 2 N–H and O–H groups in total. The van der Waals surface area contributed by atoms with Gasteiger partial charge in [0.25, 0.3) is 0 Å². The lowest BCUT2D eigenvalue weighted by molar-refractivity contribution is 0.296. The van der Waals surface area contributed by atoms with E-state index in [1.54, 1.807) is 0 Å². The van der Waals surface area contributed by atoms with E-state index >= 15 is 0 Å². The zero-order chi connectivity index (χ0) is 13.5. The summed E-state index contributed by atoms with van der Waals surface area (Å²) >= 11 is 1.10. The number of halogens is 2. The van der Waals surface area contributed by atoms with Gasteiger partial charge in [0.05, 0.1) is 4.90 Å². The van der Waals surface area contributed by atoms with Gasteiger partial charge in [-0.1, -0.05) is 13.8 Å². The molecule has 0 aliphatic carbocycles. The molecule has 1 rings (SSSR count). The minimum absolute atomic E-state index is 0.0344. The predicted octanol–water partition coefficient (Wildman–Crippen LogP) is 2.94. The van der Waals surface area contributed by atoms with Crippen LogP contribution >= 0.6 is 11.8 Å². The van der Waals surface area contributed by atoms with Crippen molar-refractivity contribution in [1.29, 1.82) is 0 Å². The van der Waals surface area contributed by atoms with Crippen molar-refractivity contribution in [2.45, 2.75) is 37.8 Å². The highest BCUT2D eigenvalue weighted by atomic mass is 32.2. The Bertz CT molecular complexity index is 362. The van der Waals surface area contributed by atoms with E-state index in [-0.39, 0.29) is 17.5 Å². The summed E-state index contributed by atoms with van der Waals surface area (Å²) in [6, 6.07) is 2.99. The van der Waals surface area contributed by atoms with Crippen LogP contribution in [-0.4, -0.2) is 23.5 Å². The molecule has 5 heteroatoms. The molecule has 1 aromatic carbocycles. The second-order valence-electron chi connectivity index (χ2n) is 4.35. The Labute approximate surface area is 111 Å². The van der Waals surface area contributed by atoms with Gasteiger partial charge >= 0.3 is 0 Å². The first-order valence-electron chi connectivity index (χ1n) is 5.99. The van der Waals surface area contributed by atoms with Crippen molar-refractivity contribution in [3.8, 4) is 0 Å². The van der Waals surface area contributed by atoms with Gasteiger partial charge in [-0.3, -0.25) is 0 Å². The maximum absolute atomic E-state index is 13.7. The monoisotopic (exact) mass is 275 g/mol. The highest BCUT2D eigenvalue weighted by Crippen LogP contribution is 2.26. The Morgan fingerprint density at radius 1 is 1.28 bits per heavy atom. The van der Waals surface area contributed by atoms with Gasteiger partial charge in [0.1, 0.15) is 11.6 Å². The first-order valence-corrected chi connectivity index (χ1v) is 6.98. The quantitative estimate of drug-likeness (QED) is 0.593. The Morgan fingerprint density at radius 2 is 1.89 bits per heavy atom. The van der Waals surface area contributed by atoms with Crippen molar-refractivity contribution in [3.05, 3.63) is 29.3 Å². The van der Waals surface area contributed by atoms with Gasteiger partial charge in [0.15, 0.2) is 0 Å². The van der Waals surface area contributed by atoms with Crippen molar-refractivity contribution < 1.29 is 13.9 Å². The molecule has 0 heterocycles. The number of aliphatic hydroxyl groups is 1. The van der Waals surface area contributed by atoms with Gasteiger partial charge < -0.3 is 10.4 Å². The highest BCUT2D eigenvalue weighted by molar-refractivity contribution is 7.99. The second kappa shape index (κ2) is 7.71. The third-order valence-electron chi connectivity index (χ3n) is 2.32. The van der Waals surface area contributed by atoms with Crippen LogP contribution in [0.2, 0.25) is 0 Å². The first kappa shape index (κ1) is 15.4. The molecule has 0 aliphatic rings. The van der Waals surface area contributed by atoms with E-state index in [1.165, 1.54) is 12.1 Å². The molecule has 0 aromatic heterocycles. The molecular weight excluding hydrogens is 256 g/mol. The summed E-state index contributed by atoms with van der Waals surface area (Å²) in [4.78, 5) is 0.0387. The van der Waals surface area contributed by atoms with Crippen LogP contribution in [0.4, 0.5) is 8.78 Å². The molecule has 0 aliphatic heterocycles. The SMILES string of the molecule is CC(C)NCc1cc(F)c(SCCCO)c(F)c1. The third kappa shape index (κ3) is 4.92. The number of thioether (sulfide) groups is 1. The second-order valence-corrected chi connectivity index (χ2v) is 5.45. The van der Waals surface area contributed by atoms with Gasteiger partial charge in [-0.15, -0.1) is 11.8 Å². The molecule has 0 atom stereocenters. The minimum atomic E-state index is -0.529. The lowest BCUT2D eigenvalue weighted by Gasteiger charge is -2.10. The van der Waals surface area contributed by atoms with Gasteiger partial charge in [0, 0.05) is 24.9 Å². The molecule has 0 saturated heterocycles. The molecule has 0 amide bonds. The van der Waals surface area contributed by atoms with Gasteiger partial charge in [0.2, 0.25) is 0 Å². The van der Waals surface area contributed by atoms with Crippen molar-refractivity contribution >= 4 is 11.8 Å². The summed E-state index contributed by atoms with van der Waals surface area (Å²) in [7, 11) is 0. The fourth-order valence-corrected chi connectivity index (χ4v) is 2.28. The number of hydrogen-bond donors (Lipinski definition) is 2. The average molecular weight is 275 g/mol. The molecule has 102 valence electrons. The van der Waals surface area contributed by atoms with E-state index in [2.05, 4.69) is 5.32 Å². The number of nitrogens with one attached hydrogen (secondary N) is 1. The Balaban J connectivity index is 2.71. The van der Waals surface area contributed by atoms with Crippen molar-refractivity contribution in [1.82, 2.24) is 5.32 Å². The number of rotatable bonds is 7. The largest absolute Gasteiger partial charge is 0.396 e. The summed E-state index contributed by atoms with van der Waals surface area (Å²) < 4.78 is 27.4. The van der Waals surface area contributed by atoms with Gasteiger partial charge in [-0.2, -0.15) is 0 Å². The van der Waals surface area contributed by atoms with Gasteiger partial charge in [-0.05, 0) is 24.1 Å². The van der Waals surface area contributed by atoms with Crippen molar-refractivity contribution in [2.24, 2.45) is 0 Å². The Hall–Kier alpha value is -0.650. The third-order valence-corrected chi connectivity index (χ3v) is 3.49. The van der Waals surface area contributed by atoms with E-state index in [0.29, 0.717) is 24.3 Å². The maximum atomic E-state index is 13.7. The molecule has 2 nitrogen and oxygen atoms in total. The average Bonchev–Trinajstić information content (AvgIpc) is 2.30. The number of hydrogen-bond acceptors (Lipinski definition) is 3.